The Kier molecular flexibility index (Phi) is 1.87. The number of hydrogen-bond acceptors (Lipinski definition) is 1. The van der Waals surface area contributed by atoms with Crippen LogP contribution in [-0.2, 0) is 6.42 Å². The highest BCUT2D eigenvalue weighted by Gasteiger charge is 2.16. The number of aryl methyl sites for hydroxylation is 2. The largest absolute Gasteiger partial charge is 0.260 e. The predicted octanol–water partition coefficient (Wildman–Crippen LogP) is 2.83. The van der Waals surface area contributed by atoms with Crippen LogP contribution in [0, 0.1) is 6.92 Å². The van der Waals surface area contributed by atoms with Gasteiger partial charge < -0.3 is 0 Å². The number of pyridine rings is 1. The minimum atomic E-state index is 0.675. The average molecular weight is 161 g/mol. The molecule has 12 heavy (non-hydrogen) atoms. The molecule has 0 aliphatic heterocycles. The zero-order valence-electron chi connectivity index (χ0n) is 7.80. The lowest BCUT2D eigenvalue weighted by Crippen LogP contribution is -2.09. The number of rotatable bonds is 0. The third-order valence-corrected chi connectivity index (χ3v) is 2.69. The van der Waals surface area contributed by atoms with Gasteiger partial charge in [-0.15, -0.1) is 0 Å². The van der Waals surface area contributed by atoms with Gasteiger partial charge in [0.25, 0.3) is 0 Å². The van der Waals surface area contributed by atoms with Crippen LogP contribution in [0.1, 0.15) is 42.5 Å². The Bertz CT molecular complexity index is 291. The molecule has 1 aromatic rings. The number of aromatic nitrogens is 1. The van der Waals surface area contributed by atoms with Crippen molar-refractivity contribution in [1.29, 1.82) is 0 Å². The molecule has 0 fully saturated rings. The van der Waals surface area contributed by atoms with Gasteiger partial charge >= 0.3 is 0 Å². The van der Waals surface area contributed by atoms with Gasteiger partial charge in [0.1, 0.15) is 0 Å². The highest BCUT2D eigenvalue weighted by Crippen LogP contribution is 2.29. The molecule has 0 saturated carbocycles. The Morgan fingerprint density at radius 2 is 2.33 bits per heavy atom. The molecule has 1 nitrogen and oxygen atoms in total. The van der Waals surface area contributed by atoms with Crippen LogP contribution in [0.3, 0.4) is 0 Å². The highest BCUT2D eigenvalue weighted by molar-refractivity contribution is 5.28. The molecule has 0 spiro atoms. The van der Waals surface area contributed by atoms with Crippen LogP contribution < -0.4 is 0 Å². The van der Waals surface area contributed by atoms with Crippen LogP contribution in [0.4, 0.5) is 0 Å². The fourth-order valence-corrected chi connectivity index (χ4v) is 2.02. The van der Waals surface area contributed by atoms with Gasteiger partial charge in [0.15, 0.2) is 0 Å². The van der Waals surface area contributed by atoms with E-state index < -0.39 is 0 Å². The molecule has 1 unspecified atom stereocenters. The summed E-state index contributed by atoms with van der Waals surface area (Å²) in [6.07, 6.45) is 5.86. The van der Waals surface area contributed by atoms with E-state index >= 15 is 0 Å². The van der Waals surface area contributed by atoms with E-state index in [0.29, 0.717) is 5.92 Å². The molecule has 1 heterocycles. The summed E-state index contributed by atoms with van der Waals surface area (Å²) >= 11 is 0. The van der Waals surface area contributed by atoms with Crippen molar-refractivity contribution in [2.24, 2.45) is 0 Å². The molecule has 0 radical (unpaired) electrons. The van der Waals surface area contributed by atoms with Gasteiger partial charge in [0.2, 0.25) is 0 Å². The smallest absolute Gasteiger partial charge is 0.0463 e. The molecule has 0 N–H and O–H groups in total. The molecule has 64 valence electrons. The molecule has 0 amide bonds. The normalized spacial score (nSPS) is 22.0. The maximum absolute atomic E-state index is 4.50. The Morgan fingerprint density at radius 3 is 3.17 bits per heavy atom. The maximum atomic E-state index is 4.50. The lowest BCUT2D eigenvalue weighted by atomic mass is 9.87. The van der Waals surface area contributed by atoms with E-state index in [1.807, 2.05) is 6.20 Å². The van der Waals surface area contributed by atoms with Crippen LogP contribution in [0.2, 0.25) is 0 Å². The molecule has 1 aliphatic rings. The lowest BCUT2D eigenvalue weighted by Gasteiger charge is -2.20. The van der Waals surface area contributed by atoms with E-state index in [4.69, 9.17) is 0 Å². The van der Waals surface area contributed by atoms with E-state index in [2.05, 4.69) is 24.9 Å². The first kappa shape index (κ1) is 7.78. The number of hydrogen-bond donors (Lipinski definition) is 0. The zero-order chi connectivity index (χ0) is 8.55. The molecule has 0 aromatic carbocycles. The van der Waals surface area contributed by atoms with Gasteiger partial charge in [-0.2, -0.15) is 0 Å². The van der Waals surface area contributed by atoms with Crippen molar-refractivity contribution in [2.75, 3.05) is 0 Å². The first-order valence-corrected chi connectivity index (χ1v) is 4.73. The van der Waals surface area contributed by atoms with Crippen molar-refractivity contribution in [1.82, 2.24) is 4.98 Å². The summed E-state index contributed by atoms with van der Waals surface area (Å²) < 4.78 is 0. The topological polar surface area (TPSA) is 12.9 Å². The van der Waals surface area contributed by atoms with E-state index in [9.17, 15) is 0 Å². The Hall–Kier alpha value is -0.850. The summed E-state index contributed by atoms with van der Waals surface area (Å²) in [4.78, 5) is 4.50. The van der Waals surface area contributed by atoms with Gasteiger partial charge in [0.05, 0.1) is 0 Å². The van der Waals surface area contributed by atoms with Crippen molar-refractivity contribution in [2.45, 2.75) is 39.0 Å². The molecule has 1 heteroatoms. The molecule has 0 saturated heterocycles. The van der Waals surface area contributed by atoms with Crippen molar-refractivity contribution in [3.05, 3.63) is 29.1 Å². The molecule has 1 aliphatic carbocycles. The maximum Gasteiger partial charge on any atom is 0.0463 e. The van der Waals surface area contributed by atoms with Crippen LogP contribution in [0.15, 0.2) is 12.3 Å². The summed E-state index contributed by atoms with van der Waals surface area (Å²) in [6, 6.07) is 2.29. The van der Waals surface area contributed by atoms with Gasteiger partial charge in [-0.05, 0) is 43.2 Å². The Labute approximate surface area is 73.8 Å². The zero-order valence-corrected chi connectivity index (χ0v) is 7.80. The molecule has 2 rings (SSSR count). The van der Waals surface area contributed by atoms with Gasteiger partial charge in [-0.25, -0.2) is 0 Å². The van der Waals surface area contributed by atoms with E-state index in [1.165, 1.54) is 36.1 Å². The van der Waals surface area contributed by atoms with Gasteiger partial charge in [-0.1, -0.05) is 13.0 Å². The summed E-state index contributed by atoms with van der Waals surface area (Å²) in [5, 5.41) is 0. The second kappa shape index (κ2) is 2.89. The third-order valence-electron chi connectivity index (χ3n) is 2.69. The quantitative estimate of drug-likeness (QED) is 0.570. The molecule has 0 bridgehead atoms. The predicted molar refractivity (Wildman–Crippen MR) is 50.3 cm³/mol. The van der Waals surface area contributed by atoms with E-state index in [1.54, 1.807) is 0 Å². The van der Waals surface area contributed by atoms with Gasteiger partial charge in [-0.3, -0.25) is 4.98 Å². The minimum Gasteiger partial charge on any atom is -0.260 e. The van der Waals surface area contributed by atoms with Gasteiger partial charge in [0, 0.05) is 11.9 Å². The number of nitrogens with zero attached hydrogens (tertiary/aromatic N) is 1. The van der Waals surface area contributed by atoms with Crippen LogP contribution in [0.5, 0.6) is 0 Å². The summed E-state index contributed by atoms with van der Waals surface area (Å²) in [6.45, 7) is 4.40. The molecule has 1 atom stereocenters. The molecular weight excluding hydrogens is 146 g/mol. The number of fused-ring (bicyclic) bond motifs is 1. The first-order valence-electron chi connectivity index (χ1n) is 4.73. The Balaban J connectivity index is 2.46. The van der Waals surface area contributed by atoms with Crippen LogP contribution >= 0.6 is 0 Å². The first-order chi connectivity index (χ1) is 5.77. The fourth-order valence-electron chi connectivity index (χ4n) is 2.02. The average Bonchev–Trinajstić information content (AvgIpc) is 2.04. The fraction of sp³-hybridized carbons (Fsp3) is 0.545. The SMILES string of the molecule is Cc1cnc2c(c1)CCCC2C. The second-order valence-electron chi connectivity index (χ2n) is 3.85. The highest BCUT2D eigenvalue weighted by atomic mass is 14.7. The van der Waals surface area contributed by atoms with Crippen LogP contribution in [-0.4, -0.2) is 4.98 Å². The monoisotopic (exact) mass is 161 g/mol. The van der Waals surface area contributed by atoms with Crippen molar-refractivity contribution in [3.8, 4) is 0 Å². The minimum absolute atomic E-state index is 0.675. The standard InChI is InChI=1S/C11H15N/c1-8-6-10-5-3-4-9(2)11(10)12-7-8/h6-7,9H,3-5H2,1-2H3. The summed E-state index contributed by atoms with van der Waals surface area (Å²) in [5.74, 6) is 0.675. The van der Waals surface area contributed by atoms with Crippen molar-refractivity contribution in [3.63, 3.8) is 0 Å². The van der Waals surface area contributed by atoms with Crippen LogP contribution in [0.25, 0.3) is 0 Å². The lowest BCUT2D eigenvalue weighted by molar-refractivity contribution is 0.573. The summed E-state index contributed by atoms with van der Waals surface area (Å²) in [7, 11) is 0. The Morgan fingerprint density at radius 1 is 1.50 bits per heavy atom. The van der Waals surface area contributed by atoms with E-state index in [-0.39, 0.29) is 0 Å². The molecular formula is C11H15N. The second-order valence-corrected chi connectivity index (χ2v) is 3.85. The van der Waals surface area contributed by atoms with Crippen molar-refractivity contribution >= 4 is 0 Å². The third kappa shape index (κ3) is 1.24. The van der Waals surface area contributed by atoms with Crippen molar-refractivity contribution < 1.29 is 0 Å². The summed E-state index contributed by atoms with van der Waals surface area (Å²) in [5.41, 5.74) is 4.11. The van der Waals surface area contributed by atoms with E-state index in [0.717, 1.165) is 0 Å². The molecule has 1 aromatic heterocycles.